The van der Waals surface area contributed by atoms with Crippen LogP contribution in [0.1, 0.15) is 15.9 Å². The number of hydrogen-bond donors (Lipinski definition) is 3. The summed E-state index contributed by atoms with van der Waals surface area (Å²) in [5, 5.41) is 6.31. The smallest absolute Gasteiger partial charge is 0.248 e. The van der Waals surface area contributed by atoms with Gasteiger partial charge in [0, 0.05) is 22.0 Å². The third kappa shape index (κ3) is 4.23. The Morgan fingerprint density at radius 1 is 1.14 bits per heavy atom. The summed E-state index contributed by atoms with van der Waals surface area (Å²) in [6, 6.07) is 11.9. The first-order chi connectivity index (χ1) is 10.5. The number of rotatable bonds is 5. The maximum Gasteiger partial charge on any atom is 0.248 e. The summed E-state index contributed by atoms with van der Waals surface area (Å²) >= 11 is 6.02. The van der Waals surface area contributed by atoms with Gasteiger partial charge in [0.2, 0.25) is 11.8 Å². The molecule has 0 unspecified atom stereocenters. The standard InChI is InChI=1S/C16H16ClN3O2/c1-10-5-6-12(8-14(10)17)19-9-15(21)20-13-4-2-3-11(7-13)16(18)22/h2-8,19H,9H2,1H3,(H2,18,22)(H,20,21). The van der Waals surface area contributed by atoms with E-state index in [1.54, 1.807) is 24.3 Å². The van der Waals surface area contributed by atoms with Crippen LogP contribution in [0.4, 0.5) is 11.4 Å². The third-order valence-corrected chi connectivity index (χ3v) is 3.46. The Balaban J connectivity index is 1.94. The fourth-order valence-corrected chi connectivity index (χ4v) is 2.02. The number of nitrogens with two attached hydrogens (primary N) is 1. The highest BCUT2D eigenvalue weighted by atomic mass is 35.5. The summed E-state index contributed by atoms with van der Waals surface area (Å²) in [6.45, 7) is 1.99. The molecule has 2 aromatic carbocycles. The minimum atomic E-state index is -0.538. The Morgan fingerprint density at radius 3 is 2.59 bits per heavy atom. The Labute approximate surface area is 133 Å². The van der Waals surface area contributed by atoms with Crippen molar-refractivity contribution in [2.45, 2.75) is 6.92 Å². The monoisotopic (exact) mass is 317 g/mol. The van der Waals surface area contributed by atoms with Gasteiger partial charge in [-0.25, -0.2) is 0 Å². The van der Waals surface area contributed by atoms with E-state index in [2.05, 4.69) is 10.6 Å². The number of amides is 2. The lowest BCUT2D eigenvalue weighted by molar-refractivity contribution is -0.114. The predicted octanol–water partition coefficient (Wildman–Crippen LogP) is 2.80. The minimum Gasteiger partial charge on any atom is -0.376 e. The maximum absolute atomic E-state index is 11.9. The van der Waals surface area contributed by atoms with Crippen molar-refractivity contribution in [1.29, 1.82) is 0 Å². The molecule has 0 saturated carbocycles. The molecule has 0 saturated heterocycles. The summed E-state index contributed by atoms with van der Waals surface area (Å²) in [6.07, 6.45) is 0. The number of carbonyl (C=O) groups is 2. The first-order valence-electron chi connectivity index (χ1n) is 6.65. The average molecular weight is 318 g/mol. The molecule has 0 radical (unpaired) electrons. The first kappa shape index (κ1) is 15.9. The van der Waals surface area contributed by atoms with Gasteiger partial charge in [-0.3, -0.25) is 9.59 Å². The first-order valence-corrected chi connectivity index (χ1v) is 7.03. The molecule has 0 aliphatic heterocycles. The van der Waals surface area contributed by atoms with Crippen molar-refractivity contribution in [1.82, 2.24) is 0 Å². The molecule has 6 heteroatoms. The summed E-state index contributed by atoms with van der Waals surface area (Å²) in [4.78, 5) is 23.0. The molecule has 2 aromatic rings. The zero-order chi connectivity index (χ0) is 16.1. The molecule has 4 N–H and O–H groups in total. The van der Waals surface area contributed by atoms with Gasteiger partial charge in [0.1, 0.15) is 0 Å². The number of primary amides is 1. The molecule has 114 valence electrons. The number of aryl methyl sites for hydroxylation is 1. The van der Waals surface area contributed by atoms with Crippen LogP contribution >= 0.6 is 11.6 Å². The van der Waals surface area contributed by atoms with E-state index in [1.807, 2.05) is 19.1 Å². The van der Waals surface area contributed by atoms with Gasteiger partial charge in [0.25, 0.3) is 0 Å². The van der Waals surface area contributed by atoms with Crippen molar-refractivity contribution in [3.05, 3.63) is 58.6 Å². The SMILES string of the molecule is Cc1ccc(NCC(=O)Nc2cccc(C(N)=O)c2)cc1Cl. The number of carbonyl (C=O) groups excluding carboxylic acids is 2. The van der Waals surface area contributed by atoms with Crippen molar-refractivity contribution in [2.24, 2.45) is 5.73 Å². The molecular weight excluding hydrogens is 302 g/mol. The topological polar surface area (TPSA) is 84.2 Å². The van der Waals surface area contributed by atoms with E-state index in [0.717, 1.165) is 11.3 Å². The van der Waals surface area contributed by atoms with Crippen molar-refractivity contribution in [3.63, 3.8) is 0 Å². The largest absolute Gasteiger partial charge is 0.376 e. The second-order valence-electron chi connectivity index (χ2n) is 4.81. The van der Waals surface area contributed by atoms with Crippen LogP contribution in [-0.4, -0.2) is 18.4 Å². The molecule has 0 bridgehead atoms. The van der Waals surface area contributed by atoms with Gasteiger partial charge >= 0.3 is 0 Å². The predicted molar refractivity (Wildman–Crippen MR) is 88.3 cm³/mol. The van der Waals surface area contributed by atoms with Crippen molar-refractivity contribution < 1.29 is 9.59 Å². The van der Waals surface area contributed by atoms with Crippen LogP contribution < -0.4 is 16.4 Å². The number of hydrogen-bond acceptors (Lipinski definition) is 3. The lowest BCUT2D eigenvalue weighted by atomic mass is 10.2. The van der Waals surface area contributed by atoms with Crippen LogP contribution in [0.5, 0.6) is 0 Å². The number of anilines is 2. The molecule has 2 rings (SSSR count). The van der Waals surface area contributed by atoms with Gasteiger partial charge in [-0.15, -0.1) is 0 Å². The highest BCUT2D eigenvalue weighted by molar-refractivity contribution is 6.31. The second-order valence-corrected chi connectivity index (χ2v) is 5.22. The molecule has 0 aliphatic carbocycles. The molecule has 0 atom stereocenters. The van der Waals surface area contributed by atoms with Crippen LogP contribution in [-0.2, 0) is 4.79 Å². The average Bonchev–Trinajstić information content (AvgIpc) is 2.49. The molecule has 0 fully saturated rings. The van der Waals surface area contributed by atoms with Gasteiger partial charge in [-0.05, 0) is 42.8 Å². The lowest BCUT2D eigenvalue weighted by Crippen LogP contribution is -2.22. The molecule has 0 aliphatic rings. The molecule has 0 spiro atoms. The van der Waals surface area contributed by atoms with E-state index in [-0.39, 0.29) is 12.5 Å². The number of nitrogens with one attached hydrogen (secondary N) is 2. The van der Waals surface area contributed by atoms with E-state index in [0.29, 0.717) is 16.3 Å². The van der Waals surface area contributed by atoms with E-state index in [9.17, 15) is 9.59 Å². The Kier molecular flexibility index (Phi) is 5.01. The van der Waals surface area contributed by atoms with E-state index in [4.69, 9.17) is 17.3 Å². The molecule has 0 aromatic heterocycles. The molecule has 0 heterocycles. The summed E-state index contributed by atoms with van der Waals surface area (Å²) < 4.78 is 0. The molecule has 22 heavy (non-hydrogen) atoms. The van der Waals surface area contributed by atoms with E-state index < -0.39 is 5.91 Å². The van der Waals surface area contributed by atoms with Crippen molar-refractivity contribution >= 4 is 34.8 Å². The molecular formula is C16H16ClN3O2. The van der Waals surface area contributed by atoms with Crippen molar-refractivity contribution in [2.75, 3.05) is 17.2 Å². The van der Waals surface area contributed by atoms with Gasteiger partial charge in [0.05, 0.1) is 6.54 Å². The minimum absolute atomic E-state index is 0.0835. The highest BCUT2D eigenvalue weighted by Gasteiger charge is 2.06. The van der Waals surface area contributed by atoms with Gasteiger partial charge in [0.15, 0.2) is 0 Å². The Hall–Kier alpha value is -2.53. The second kappa shape index (κ2) is 6.95. The van der Waals surface area contributed by atoms with Gasteiger partial charge in [-0.2, -0.15) is 0 Å². The fourth-order valence-electron chi connectivity index (χ4n) is 1.84. The van der Waals surface area contributed by atoms with E-state index in [1.165, 1.54) is 6.07 Å². The number of benzene rings is 2. The maximum atomic E-state index is 11.9. The number of halogens is 1. The lowest BCUT2D eigenvalue weighted by Gasteiger charge is -2.09. The molecule has 2 amide bonds. The Morgan fingerprint density at radius 2 is 1.91 bits per heavy atom. The fraction of sp³-hybridized carbons (Fsp3) is 0.125. The summed E-state index contributed by atoms with van der Waals surface area (Å²) in [5.41, 5.74) is 7.79. The van der Waals surface area contributed by atoms with Crippen LogP contribution in [0.2, 0.25) is 5.02 Å². The summed E-state index contributed by atoms with van der Waals surface area (Å²) in [5.74, 6) is -0.776. The zero-order valence-corrected chi connectivity index (χ0v) is 12.8. The van der Waals surface area contributed by atoms with Gasteiger partial charge in [-0.1, -0.05) is 23.7 Å². The van der Waals surface area contributed by atoms with Crippen LogP contribution in [0.3, 0.4) is 0 Å². The van der Waals surface area contributed by atoms with Crippen LogP contribution in [0.15, 0.2) is 42.5 Å². The zero-order valence-electron chi connectivity index (χ0n) is 12.0. The van der Waals surface area contributed by atoms with Crippen LogP contribution in [0.25, 0.3) is 0 Å². The van der Waals surface area contributed by atoms with Gasteiger partial charge < -0.3 is 16.4 Å². The van der Waals surface area contributed by atoms with E-state index >= 15 is 0 Å². The normalized spacial score (nSPS) is 10.1. The quantitative estimate of drug-likeness (QED) is 0.792. The highest BCUT2D eigenvalue weighted by Crippen LogP contribution is 2.19. The third-order valence-electron chi connectivity index (χ3n) is 3.06. The molecule has 5 nitrogen and oxygen atoms in total. The Bertz CT molecular complexity index is 716. The van der Waals surface area contributed by atoms with Crippen molar-refractivity contribution in [3.8, 4) is 0 Å². The van der Waals surface area contributed by atoms with Crippen LogP contribution in [0, 0.1) is 6.92 Å². The summed E-state index contributed by atoms with van der Waals surface area (Å²) in [7, 11) is 0.